The maximum Gasteiger partial charge on any atom is 0.255 e. The van der Waals surface area contributed by atoms with Gasteiger partial charge in [-0.2, -0.15) is 0 Å². The van der Waals surface area contributed by atoms with Crippen LogP contribution in [-0.4, -0.2) is 16.3 Å². The molecule has 0 fully saturated rings. The molecule has 2 aromatic rings. The summed E-state index contributed by atoms with van der Waals surface area (Å²) >= 11 is 1.60. The third-order valence-electron chi connectivity index (χ3n) is 3.98. The zero-order valence-electron chi connectivity index (χ0n) is 13.7. The van der Waals surface area contributed by atoms with Crippen LogP contribution in [0.4, 0.5) is 0 Å². The predicted octanol–water partition coefficient (Wildman–Crippen LogP) is 4.96. The highest BCUT2D eigenvalue weighted by atomic mass is 32.2. The molecule has 1 aliphatic heterocycles. The standard InChI is InChI=1S/C20H21NOS/c1-20(2,3)21-13-15-9-7-8-12-17(15)18(19(21)22)14-23-16-10-5-4-6-11-16/h4-12,14H,13H2,1-3H3. The van der Waals surface area contributed by atoms with Gasteiger partial charge in [-0.15, -0.1) is 0 Å². The summed E-state index contributed by atoms with van der Waals surface area (Å²) in [5.41, 5.74) is 2.86. The minimum absolute atomic E-state index is 0.111. The van der Waals surface area contributed by atoms with Crippen LogP contribution < -0.4 is 0 Å². The van der Waals surface area contributed by atoms with Gasteiger partial charge in [0.15, 0.2) is 0 Å². The summed E-state index contributed by atoms with van der Waals surface area (Å²) in [6.45, 7) is 6.92. The van der Waals surface area contributed by atoms with Crippen LogP contribution in [0.2, 0.25) is 0 Å². The Morgan fingerprint density at radius 3 is 2.35 bits per heavy atom. The van der Waals surface area contributed by atoms with Gasteiger partial charge < -0.3 is 4.90 Å². The van der Waals surface area contributed by atoms with Crippen molar-refractivity contribution in [2.45, 2.75) is 37.8 Å². The van der Waals surface area contributed by atoms with E-state index in [9.17, 15) is 4.79 Å². The zero-order valence-corrected chi connectivity index (χ0v) is 14.6. The zero-order chi connectivity index (χ0) is 16.4. The van der Waals surface area contributed by atoms with Crippen LogP contribution in [0, 0.1) is 0 Å². The van der Waals surface area contributed by atoms with Gasteiger partial charge in [0.2, 0.25) is 0 Å². The minimum Gasteiger partial charge on any atom is -0.329 e. The molecule has 0 atom stereocenters. The number of benzene rings is 2. The Balaban J connectivity index is 2.01. The van der Waals surface area contributed by atoms with E-state index in [1.165, 1.54) is 5.56 Å². The molecule has 3 heteroatoms. The maximum absolute atomic E-state index is 13.0. The van der Waals surface area contributed by atoms with Gasteiger partial charge in [-0.25, -0.2) is 0 Å². The van der Waals surface area contributed by atoms with E-state index in [0.29, 0.717) is 6.54 Å². The first-order valence-electron chi connectivity index (χ1n) is 7.79. The summed E-state index contributed by atoms with van der Waals surface area (Å²) in [6.07, 6.45) is 0. The largest absolute Gasteiger partial charge is 0.329 e. The van der Waals surface area contributed by atoms with Gasteiger partial charge in [0.25, 0.3) is 5.91 Å². The molecule has 0 saturated heterocycles. The Morgan fingerprint density at radius 2 is 1.65 bits per heavy atom. The lowest BCUT2D eigenvalue weighted by Gasteiger charge is -2.40. The molecule has 0 unspecified atom stereocenters. The van der Waals surface area contributed by atoms with Gasteiger partial charge in [-0.1, -0.05) is 54.2 Å². The van der Waals surface area contributed by atoms with E-state index in [-0.39, 0.29) is 11.4 Å². The molecule has 0 aromatic heterocycles. The van der Waals surface area contributed by atoms with Crippen molar-refractivity contribution in [2.75, 3.05) is 0 Å². The SMILES string of the molecule is CC(C)(C)N1Cc2ccccc2C(=CSc2ccccc2)C1=O. The lowest BCUT2D eigenvalue weighted by atomic mass is 9.92. The first kappa shape index (κ1) is 15.9. The molecule has 1 aliphatic rings. The molecule has 0 N–H and O–H groups in total. The number of amides is 1. The number of fused-ring (bicyclic) bond motifs is 1. The third kappa shape index (κ3) is 3.35. The average molecular weight is 323 g/mol. The van der Waals surface area contributed by atoms with Crippen molar-refractivity contribution < 1.29 is 4.79 Å². The number of carbonyl (C=O) groups excluding carboxylic acids is 1. The molecule has 23 heavy (non-hydrogen) atoms. The molecule has 1 amide bonds. The lowest BCUT2D eigenvalue weighted by Crippen LogP contribution is -2.47. The fourth-order valence-corrected chi connectivity index (χ4v) is 3.50. The smallest absolute Gasteiger partial charge is 0.255 e. The van der Waals surface area contributed by atoms with Gasteiger partial charge in [0, 0.05) is 17.0 Å². The van der Waals surface area contributed by atoms with Crippen LogP contribution in [0.15, 0.2) is 64.9 Å². The van der Waals surface area contributed by atoms with Crippen molar-refractivity contribution in [3.63, 3.8) is 0 Å². The maximum atomic E-state index is 13.0. The van der Waals surface area contributed by atoms with Crippen molar-refractivity contribution in [1.29, 1.82) is 0 Å². The summed E-state index contributed by atoms with van der Waals surface area (Å²) in [5, 5.41) is 1.99. The molecular weight excluding hydrogens is 302 g/mol. The van der Waals surface area contributed by atoms with Crippen LogP contribution >= 0.6 is 11.8 Å². The normalized spacial score (nSPS) is 16.6. The Labute approximate surface area is 142 Å². The molecule has 0 bridgehead atoms. The Morgan fingerprint density at radius 1 is 1.00 bits per heavy atom. The highest BCUT2D eigenvalue weighted by Crippen LogP contribution is 2.35. The van der Waals surface area contributed by atoms with Gasteiger partial charge >= 0.3 is 0 Å². The molecule has 2 nitrogen and oxygen atoms in total. The molecule has 0 saturated carbocycles. The molecule has 0 aliphatic carbocycles. The van der Waals surface area contributed by atoms with Crippen molar-refractivity contribution in [3.8, 4) is 0 Å². The predicted molar refractivity (Wildman–Crippen MR) is 97.0 cm³/mol. The lowest BCUT2D eigenvalue weighted by molar-refractivity contribution is -0.130. The van der Waals surface area contributed by atoms with Crippen LogP contribution in [0.1, 0.15) is 31.9 Å². The number of thioether (sulfide) groups is 1. The second kappa shape index (κ2) is 6.25. The summed E-state index contributed by atoms with van der Waals surface area (Å²) in [4.78, 5) is 16.1. The fourth-order valence-electron chi connectivity index (χ4n) is 2.71. The third-order valence-corrected chi connectivity index (χ3v) is 4.88. The van der Waals surface area contributed by atoms with E-state index < -0.39 is 0 Å². The Bertz CT molecular complexity index is 744. The summed E-state index contributed by atoms with van der Waals surface area (Å²) in [6, 6.07) is 18.3. The Hall–Kier alpha value is -2.00. The average Bonchev–Trinajstić information content (AvgIpc) is 2.53. The van der Waals surface area contributed by atoms with Crippen molar-refractivity contribution in [1.82, 2.24) is 4.90 Å². The fraction of sp³-hybridized carbons (Fsp3) is 0.250. The number of nitrogens with zero attached hydrogens (tertiary/aromatic N) is 1. The quantitative estimate of drug-likeness (QED) is 0.575. The summed E-state index contributed by atoms with van der Waals surface area (Å²) in [5.74, 6) is 0.111. The van der Waals surface area contributed by atoms with Crippen molar-refractivity contribution in [2.24, 2.45) is 0 Å². The molecule has 0 radical (unpaired) electrons. The first-order valence-corrected chi connectivity index (χ1v) is 8.67. The minimum atomic E-state index is -0.193. The molecule has 0 spiro atoms. The first-order chi connectivity index (χ1) is 11.0. The van der Waals surface area contributed by atoms with E-state index in [0.717, 1.165) is 16.0 Å². The van der Waals surface area contributed by atoms with E-state index in [2.05, 4.69) is 39.0 Å². The molecule has 118 valence electrons. The van der Waals surface area contributed by atoms with Gasteiger partial charge in [-0.3, -0.25) is 4.79 Å². The van der Waals surface area contributed by atoms with Gasteiger partial charge in [0.1, 0.15) is 0 Å². The van der Waals surface area contributed by atoms with Crippen molar-refractivity contribution in [3.05, 3.63) is 71.1 Å². The second-order valence-corrected chi connectivity index (χ2v) is 7.62. The Kier molecular flexibility index (Phi) is 4.31. The van der Waals surface area contributed by atoms with E-state index in [1.807, 2.05) is 46.7 Å². The van der Waals surface area contributed by atoms with Crippen LogP contribution in [0.25, 0.3) is 5.57 Å². The van der Waals surface area contributed by atoms with Crippen LogP contribution in [0.3, 0.4) is 0 Å². The number of carbonyl (C=O) groups is 1. The highest BCUT2D eigenvalue weighted by molar-refractivity contribution is 8.02. The van der Waals surface area contributed by atoms with E-state index >= 15 is 0 Å². The topological polar surface area (TPSA) is 20.3 Å². The molecule has 3 rings (SSSR count). The highest BCUT2D eigenvalue weighted by Gasteiger charge is 2.34. The molecule has 2 aromatic carbocycles. The van der Waals surface area contributed by atoms with Crippen LogP contribution in [0.5, 0.6) is 0 Å². The number of hydrogen-bond acceptors (Lipinski definition) is 2. The van der Waals surface area contributed by atoms with E-state index in [4.69, 9.17) is 0 Å². The van der Waals surface area contributed by atoms with E-state index in [1.54, 1.807) is 11.8 Å². The second-order valence-electron chi connectivity index (χ2n) is 6.68. The molecule has 1 heterocycles. The summed E-state index contributed by atoms with van der Waals surface area (Å²) in [7, 11) is 0. The molecular formula is C20H21NOS. The number of rotatable bonds is 2. The van der Waals surface area contributed by atoms with Gasteiger partial charge in [-0.05, 0) is 49.4 Å². The van der Waals surface area contributed by atoms with Crippen molar-refractivity contribution >= 4 is 23.2 Å². The van der Waals surface area contributed by atoms with Crippen LogP contribution in [-0.2, 0) is 11.3 Å². The summed E-state index contributed by atoms with van der Waals surface area (Å²) < 4.78 is 0. The monoisotopic (exact) mass is 323 g/mol. The number of hydrogen-bond donors (Lipinski definition) is 0. The van der Waals surface area contributed by atoms with Gasteiger partial charge in [0.05, 0.1) is 5.57 Å².